The highest BCUT2D eigenvalue weighted by Crippen LogP contribution is 2.14. The second-order valence-electron chi connectivity index (χ2n) is 4.03. The van der Waals surface area contributed by atoms with Crippen LogP contribution in [-0.2, 0) is 16.0 Å². The number of esters is 1. The number of benzene rings is 1. The van der Waals surface area contributed by atoms with Crippen molar-refractivity contribution in [1.82, 2.24) is 0 Å². The minimum absolute atomic E-state index is 0.329. The molecule has 1 amide bonds. The van der Waals surface area contributed by atoms with Crippen LogP contribution in [-0.4, -0.2) is 17.9 Å². The second-order valence-corrected chi connectivity index (χ2v) is 4.03. The van der Waals surface area contributed by atoms with Crippen molar-refractivity contribution < 1.29 is 14.3 Å². The fourth-order valence-corrected chi connectivity index (χ4v) is 1.24. The summed E-state index contributed by atoms with van der Waals surface area (Å²) in [6.07, 6.45) is 0.351. The third-order valence-corrected chi connectivity index (χ3v) is 2.30. The van der Waals surface area contributed by atoms with E-state index in [1.807, 2.05) is 0 Å². The second kappa shape index (κ2) is 5.97. The van der Waals surface area contributed by atoms with Crippen LogP contribution < -0.4 is 16.2 Å². The molecule has 5 heteroatoms. The molecule has 0 spiro atoms. The van der Waals surface area contributed by atoms with Gasteiger partial charge in [0.2, 0.25) is 5.91 Å². The van der Waals surface area contributed by atoms with E-state index in [-0.39, 0.29) is 0 Å². The van der Waals surface area contributed by atoms with Gasteiger partial charge in [-0.05, 0) is 31.0 Å². The van der Waals surface area contributed by atoms with E-state index in [1.54, 1.807) is 31.2 Å². The van der Waals surface area contributed by atoms with Gasteiger partial charge in [-0.2, -0.15) is 0 Å². The fraction of sp³-hybridized carbons (Fsp3) is 0.231. The van der Waals surface area contributed by atoms with Crippen LogP contribution >= 0.6 is 0 Å². The summed E-state index contributed by atoms with van der Waals surface area (Å²) in [5.74, 6) is -0.608. The zero-order chi connectivity index (χ0) is 13.7. The van der Waals surface area contributed by atoms with Crippen LogP contribution in [0.5, 0.6) is 5.75 Å². The summed E-state index contributed by atoms with van der Waals surface area (Å²) in [6, 6.07) is 6.00. The topological polar surface area (TPSA) is 95.4 Å². The Hall–Kier alpha value is -2.14. The molecule has 0 heterocycles. The van der Waals surface area contributed by atoms with Gasteiger partial charge in [-0.15, -0.1) is 0 Å². The number of rotatable bonds is 5. The van der Waals surface area contributed by atoms with E-state index in [4.69, 9.17) is 16.2 Å². The van der Waals surface area contributed by atoms with Crippen molar-refractivity contribution in [2.75, 3.05) is 0 Å². The molecule has 0 fully saturated rings. The van der Waals surface area contributed by atoms with Gasteiger partial charge >= 0.3 is 5.97 Å². The largest absolute Gasteiger partial charge is 0.423 e. The number of amides is 1. The lowest BCUT2D eigenvalue weighted by Crippen LogP contribution is -2.38. The van der Waals surface area contributed by atoms with E-state index in [2.05, 4.69) is 6.58 Å². The van der Waals surface area contributed by atoms with Crippen molar-refractivity contribution in [3.63, 3.8) is 0 Å². The van der Waals surface area contributed by atoms with Gasteiger partial charge in [0, 0.05) is 5.57 Å². The highest BCUT2D eigenvalue weighted by atomic mass is 16.5. The number of hydrogen-bond acceptors (Lipinski definition) is 4. The first kappa shape index (κ1) is 13.9. The number of primary amides is 1. The Kier molecular flexibility index (Phi) is 4.62. The highest BCUT2D eigenvalue weighted by Gasteiger charge is 2.10. The van der Waals surface area contributed by atoms with Crippen molar-refractivity contribution in [3.05, 3.63) is 42.0 Å². The summed E-state index contributed by atoms with van der Waals surface area (Å²) >= 11 is 0. The normalized spacial score (nSPS) is 11.7. The van der Waals surface area contributed by atoms with Crippen molar-refractivity contribution in [1.29, 1.82) is 0 Å². The molecule has 18 heavy (non-hydrogen) atoms. The molecule has 1 aromatic carbocycles. The Morgan fingerprint density at radius 1 is 1.33 bits per heavy atom. The lowest BCUT2D eigenvalue weighted by molar-refractivity contribution is -0.130. The molecule has 0 aliphatic heterocycles. The van der Waals surface area contributed by atoms with E-state index in [9.17, 15) is 9.59 Å². The monoisotopic (exact) mass is 248 g/mol. The fourth-order valence-electron chi connectivity index (χ4n) is 1.24. The smallest absolute Gasteiger partial charge is 0.338 e. The minimum Gasteiger partial charge on any atom is -0.423 e. The summed E-state index contributed by atoms with van der Waals surface area (Å²) in [5, 5.41) is 0. The lowest BCUT2D eigenvalue weighted by atomic mass is 10.1. The first-order valence-corrected chi connectivity index (χ1v) is 5.41. The molecule has 0 saturated carbocycles. The van der Waals surface area contributed by atoms with Gasteiger partial charge in [0.1, 0.15) is 5.75 Å². The van der Waals surface area contributed by atoms with E-state index in [0.717, 1.165) is 5.56 Å². The van der Waals surface area contributed by atoms with Crippen LogP contribution in [0.25, 0.3) is 0 Å². The summed E-state index contributed by atoms with van der Waals surface area (Å²) in [4.78, 5) is 22.1. The van der Waals surface area contributed by atoms with Gasteiger partial charge in [0.25, 0.3) is 0 Å². The van der Waals surface area contributed by atoms with Gasteiger partial charge in [-0.1, -0.05) is 18.7 Å². The summed E-state index contributed by atoms with van der Waals surface area (Å²) < 4.78 is 5.02. The molecule has 96 valence electrons. The quantitative estimate of drug-likeness (QED) is 0.451. The molecule has 1 atom stereocenters. The highest BCUT2D eigenvalue weighted by molar-refractivity contribution is 5.88. The van der Waals surface area contributed by atoms with Crippen LogP contribution in [0.3, 0.4) is 0 Å². The van der Waals surface area contributed by atoms with Gasteiger partial charge in [0.05, 0.1) is 6.04 Å². The number of carbonyl (C=O) groups excluding carboxylic acids is 2. The molecule has 0 bridgehead atoms. The average Bonchev–Trinajstić information content (AvgIpc) is 2.31. The van der Waals surface area contributed by atoms with E-state index in [1.165, 1.54) is 0 Å². The van der Waals surface area contributed by atoms with E-state index < -0.39 is 17.9 Å². The molecule has 0 aliphatic rings. The Labute approximate surface area is 105 Å². The number of carbonyl (C=O) groups is 2. The molecule has 0 saturated heterocycles. The third kappa shape index (κ3) is 4.03. The molecular formula is C13H16N2O3. The zero-order valence-electron chi connectivity index (χ0n) is 10.2. The van der Waals surface area contributed by atoms with Gasteiger partial charge in [-0.3, -0.25) is 4.79 Å². The van der Waals surface area contributed by atoms with Crippen molar-refractivity contribution in [2.45, 2.75) is 19.4 Å². The van der Waals surface area contributed by atoms with Crippen molar-refractivity contribution in [3.8, 4) is 5.75 Å². The van der Waals surface area contributed by atoms with Crippen LogP contribution in [0.4, 0.5) is 0 Å². The summed E-state index contributed by atoms with van der Waals surface area (Å²) in [5.41, 5.74) is 11.8. The predicted molar refractivity (Wildman–Crippen MR) is 67.8 cm³/mol. The van der Waals surface area contributed by atoms with Crippen LogP contribution in [0.2, 0.25) is 0 Å². The Morgan fingerprint density at radius 3 is 2.33 bits per heavy atom. The van der Waals surface area contributed by atoms with Crippen molar-refractivity contribution in [2.24, 2.45) is 11.5 Å². The van der Waals surface area contributed by atoms with E-state index >= 15 is 0 Å². The standard InChI is InChI=1S/C13H16N2O3/c1-8(2)13(17)18-10-5-3-9(4-6-10)7-11(14)12(15)16/h3-6,11H,1,7,14H2,2H3,(H2,15,16)/t11-/m0/s1. The molecule has 5 nitrogen and oxygen atoms in total. The van der Waals surface area contributed by atoms with Gasteiger partial charge in [0.15, 0.2) is 0 Å². The molecule has 1 rings (SSSR count). The van der Waals surface area contributed by atoms with Gasteiger partial charge in [-0.25, -0.2) is 4.79 Å². The predicted octanol–water partition coefficient (Wildman–Crippen LogP) is 0.523. The maximum Gasteiger partial charge on any atom is 0.338 e. The maximum atomic E-state index is 11.3. The third-order valence-electron chi connectivity index (χ3n) is 2.30. The molecular weight excluding hydrogens is 232 g/mol. The number of nitrogens with two attached hydrogens (primary N) is 2. The molecule has 4 N–H and O–H groups in total. The molecule has 0 unspecified atom stereocenters. The molecule has 1 aromatic rings. The van der Waals surface area contributed by atoms with Crippen molar-refractivity contribution >= 4 is 11.9 Å². The first-order chi connectivity index (χ1) is 8.40. The van der Waals surface area contributed by atoms with Crippen LogP contribution in [0.1, 0.15) is 12.5 Å². The minimum atomic E-state index is -0.714. The van der Waals surface area contributed by atoms with Gasteiger partial charge < -0.3 is 16.2 Å². The summed E-state index contributed by atoms with van der Waals surface area (Å²) in [7, 11) is 0. The Balaban J connectivity index is 2.66. The molecule has 0 radical (unpaired) electrons. The first-order valence-electron chi connectivity index (χ1n) is 5.41. The van der Waals surface area contributed by atoms with E-state index in [0.29, 0.717) is 17.7 Å². The zero-order valence-corrected chi connectivity index (χ0v) is 10.2. The number of hydrogen-bond donors (Lipinski definition) is 2. The lowest BCUT2D eigenvalue weighted by Gasteiger charge is -2.08. The van der Waals surface area contributed by atoms with Crippen LogP contribution in [0.15, 0.2) is 36.4 Å². The molecule has 0 aromatic heterocycles. The maximum absolute atomic E-state index is 11.3. The Morgan fingerprint density at radius 2 is 1.89 bits per heavy atom. The Bertz CT molecular complexity index is 466. The van der Waals surface area contributed by atoms with Crippen LogP contribution in [0, 0.1) is 0 Å². The summed E-state index contributed by atoms with van der Waals surface area (Å²) in [6.45, 7) is 5.06. The average molecular weight is 248 g/mol. The SMILES string of the molecule is C=C(C)C(=O)Oc1ccc(C[C@H](N)C(N)=O)cc1. The number of ether oxygens (including phenoxy) is 1. The molecule has 0 aliphatic carbocycles.